The van der Waals surface area contributed by atoms with Gasteiger partial charge in [-0.05, 0) is 48.6 Å². The van der Waals surface area contributed by atoms with Crippen molar-refractivity contribution in [1.29, 1.82) is 0 Å². The van der Waals surface area contributed by atoms with E-state index in [1.165, 1.54) is 4.88 Å². The predicted molar refractivity (Wildman–Crippen MR) is 141 cm³/mol. The molecule has 6 aromatic rings. The second kappa shape index (κ2) is 8.39. The molecule has 8 nitrogen and oxygen atoms in total. The molecule has 36 heavy (non-hydrogen) atoms. The van der Waals surface area contributed by atoms with Gasteiger partial charge in [-0.1, -0.05) is 12.5 Å². The van der Waals surface area contributed by atoms with Gasteiger partial charge in [-0.3, -0.25) is 19.9 Å². The third-order valence-corrected chi connectivity index (χ3v) is 7.68. The molecule has 0 spiro atoms. The van der Waals surface area contributed by atoms with Gasteiger partial charge in [0.15, 0.2) is 0 Å². The minimum Gasteiger partial charge on any atom is -0.352 e. The summed E-state index contributed by atoms with van der Waals surface area (Å²) >= 11 is 1.69. The van der Waals surface area contributed by atoms with Crippen LogP contribution in [0.4, 0.5) is 5.69 Å². The molecule has 7 rings (SSSR count). The first-order chi connectivity index (χ1) is 17.7. The Morgan fingerprint density at radius 3 is 2.78 bits per heavy atom. The summed E-state index contributed by atoms with van der Waals surface area (Å²) in [5, 5.41) is 13.8. The van der Waals surface area contributed by atoms with E-state index < -0.39 is 0 Å². The van der Waals surface area contributed by atoms with Crippen molar-refractivity contribution in [1.82, 2.24) is 30.1 Å². The number of amides is 1. The number of anilines is 1. The first-order valence-electron chi connectivity index (χ1n) is 11.9. The summed E-state index contributed by atoms with van der Waals surface area (Å²) in [6.45, 7) is 0. The number of aromatic nitrogens is 6. The Kier molecular flexibility index (Phi) is 4.88. The van der Waals surface area contributed by atoms with E-state index in [4.69, 9.17) is 4.98 Å². The molecule has 1 fully saturated rings. The van der Waals surface area contributed by atoms with Crippen LogP contribution in [0.2, 0.25) is 0 Å². The van der Waals surface area contributed by atoms with E-state index in [1.807, 2.05) is 36.7 Å². The second-order valence-corrected chi connectivity index (χ2v) is 10.0. The minimum atomic E-state index is 0.0657. The van der Waals surface area contributed by atoms with Crippen LogP contribution in [0.3, 0.4) is 0 Å². The zero-order chi connectivity index (χ0) is 24.1. The first kappa shape index (κ1) is 21.0. The van der Waals surface area contributed by atoms with E-state index in [0.29, 0.717) is 5.69 Å². The van der Waals surface area contributed by atoms with Gasteiger partial charge < -0.3 is 10.3 Å². The lowest BCUT2D eigenvalue weighted by Gasteiger charge is -2.24. The third kappa shape index (κ3) is 3.56. The number of pyridine rings is 3. The lowest BCUT2D eigenvalue weighted by atomic mass is 9.85. The molecule has 6 aromatic heterocycles. The van der Waals surface area contributed by atoms with Gasteiger partial charge in [0, 0.05) is 39.7 Å². The highest BCUT2D eigenvalue weighted by Crippen LogP contribution is 2.35. The highest BCUT2D eigenvalue weighted by Gasteiger charge is 2.25. The van der Waals surface area contributed by atoms with Gasteiger partial charge >= 0.3 is 0 Å². The number of hydrogen-bond acceptors (Lipinski definition) is 6. The summed E-state index contributed by atoms with van der Waals surface area (Å²) in [5.41, 5.74) is 7.51. The highest BCUT2D eigenvalue weighted by atomic mass is 32.1. The fourth-order valence-corrected chi connectivity index (χ4v) is 5.37. The van der Waals surface area contributed by atoms with Crippen molar-refractivity contribution < 1.29 is 4.79 Å². The Bertz CT molecular complexity index is 1730. The molecule has 1 aliphatic carbocycles. The molecule has 0 saturated heterocycles. The van der Waals surface area contributed by atoms with Gasteiger partial charge in [0.2, 0.25) is 5.91 Å². The van der Waals surface area contributed by atoms with E-state index in [9.17, 15) is 4.79 Å². The Hall–Kier alpha value is -4.37. The summed E-state index contributed by atoms with van der Waals surface area (Å²) in [5.74, 6) is 0.180. The van der Waals surface area contributed by atoms with Crippen LogP contribution in [0.15, 0.2) is 66.6 Å². The smallest absolute Gasteiger partial charge is 0.227 e. The molecule has 0 bridgehead atoms. The van der Waals surface area contributed by atoms with Crippen LogP contribution >= 0.6 is 11.3 Å². The number of carbonyl (C=O) groups excluding carboxylic acids is 1. The Morgan fingerprint density at radius 2 is 1.94 bits per heavy atom. The van der Waals surface area contributed by atoms with Crippen molar-refractivity contribution in [2.24, 2.45) is 5.92 Å². The summed E-state index contributed by atoms with van der Waals surface area (Å²) < 4.78 is 0. The first-order valence-corrected chi connectivity index (χ1v) is 12.7. The molecular weight excluding hydrogens is 470 g/mol. The molecule has 1 amide bonds. The van der Waals surface area contributed by atoms with Gasteiger partial charge in [-0.15, -0.1) is 11.3 Å². The van der Waals surface area contributed by atoms with Gasteiger partial charge in [0.1, 0.15) is 11.2 Å². The molecule has 0 aromatic carbocycles. The van der Waals surface area contributed by atoms with Crippen molar-refractivity contribution in [3.05, 3.63) is 66.6 Å². The molecule has 0 aliphatic heterocycles. The number of nitrogens with one attached hydrogen (secondary N) is 3. The number of aromatic amines is 2. The maximum atomic E-state index is 12.4. The molecular formula is C27H21N7OS. The number of hydrogen-bond donors (Lipinski definition) is 3. The molecule has 3 N–H and O–H groups in total. The summed E-state index contributed by atoms with van der Waals surface area (Å²) in [7, 11) is 0. The zero-order valence-corrected chi connectivity index (χ0v) is 20.0. The molecule has 0 atom stereocenters. The monoisotopic (exact) mass is 491 g/mol. The number of carbonyl (C=O) groups is 1. The largest absolute Gasteiger partial charge is 0.352 e. The van der Waals surface area contributed by atoms with Crippen molar-refractivity contribution in [3.8, 4) is 33.1 Å². The average molecular weight is 492 g/mol. The van der Waals surface area contributed by atoms with Crippen LogP contribution in [0.25, 0.3) is 55.0 Å². The van der Waals surface area contributed by atoms with E-state index >= 15 is 0 Å². The van der Waals surface area contributed by atoms with Crippen LogP contribution in [-0.4, -0.2) is 36.0 Å². The number of fused-ring (bicyclic) bond motifs is 2. The Labute approximate surface area is 209 Å². The number of nitrogens with zero attached hydrogens (tertiary/aromatic N) is 4. The lowest BCUT2D eigenvalue weighted by Crippen LogP contribution is -2.28. The van der Waals surface area contributed by atoms with E-state index in [-0.39, 0.29) is 11.8 Å². The van der Waals surface area contributed by atoms with Gasteiger partial charge in [0.05, 0.1) is 40.5 Å². The Morgan fingerprint density at radius 1 is 1.03 bits per heavy atom. The van der Waals surface area contributed by atoms with Gasteiger partial charge in [0.25, 0.3) is 0 Å². The standard InChI is InChI=1S/C27H21N7OS/c35-27(15-3-1-4-15)30-17-9-16(11-28-12-17)20-6-7-21-25(32-20)26(34-33-21)22-10-18-19(24-5-2-8-36-24)13-29-14-23(18)31-22/h2,5-15,31H,1,3-4H2,(H,30,35)(H,33,34). The number of thiophene rings is 1. The van der Waals surface area contributed by atoms with Gasteiger partial charge in [-0.25, -0.2) is 4.98 Å². The molecule has 9 heteroatoms. The maximum absolute atomic E-state index is 12.4. The quantitative estimate of drug-likeness (QED) is 0.273. The van der Waals surface area contributed by atoms with Crippen LogP contribution in [-0.2, 0) is 4.79 Å². The number of H-pyrrole nitrogens is 2. The molecule has 6 heterocycles. The van der Waals surface area contributed by atoms with Crippen LogP contribution in [0.5, 0.6) is 0 Å². The maximum Gasteiger partial charge on any atom is 0.227 e. The fraction of sp³-hybridized carbons (Fsp3) is 0.148. The van der Waals surface area contributed by atoms with Crippen LogP contribution in [0, 0.1) is 5.92 Å². The summed E-state index contributed by atoms with van der Waals surface area (Å²) in [6, 6.07) is 12.1. The summed E-state index contributed by atoms with van der Waals surface area (Å²) in [4.78, 5) is 30.7. The summed E-state index contributed by atoms with van der Waals surface area (Å²) in [6.07, 6.45) is 10.2. The van der Waals surface area contributed by atoms with Crippen molar-refractivity contribution >= 4 is 44.9 Å². The minimum absolute atomic E-state index is 0.0657. The van der Waals surface area contributed by atoms with Crippen LogP contribution in [0.1, 0.15) is 19.3 Å². The molecule has 0 unspecified atom stereocenters. The van der Waals surface area contributed by atoms with Crippen molar-refractivity contribution in [2.75, 3.05) is 5.32 Å². The number of rotatable bonds is 5. The third-order valence-electron chi connectivity index (χ3n) is 6.77. The SMILES string of the molecule is O=C(Nc1cncc(-c2ccc3[nH]nc(-c4cc5c(-c6cccs6)cncc5[nH]4)c3n2)c1)C1CCC1. The van der Waals surface area contributed by atoms with E-state index in [1.54, 1.807) is 23.7 Å². The van der Waals surface area contributed by atoms with Gasteiger partial charge in [-0.2, -0.15) is 5.10 Å². The lowest BCUT2D eigenvalue weighted by molar-refractivity contribution is -0.122. The predicted octanol–water partition coefficient (Wildman–Crippen LogP) is 6.03. The highest BCUT2D eigenvalue weighted by molar-refractivity contribution is 7.13. The molecule has 1 saturated carbocycles. The van der Waals surface area contributed by atoms with Crippen molar-refractivity contribution in [2.45, 2.75) is 19.3 Å². The second-order valence-electron chi connectivity index (χ2n) is 9.05. The molecule has 176 valence electrons. The normalized spacial score (nSPS) is 13.8. The van der Waals surface area contributed by atoms with Crippen molar-refractivity contribution in [3.63, 3.8) is 0 Å². The van der Waals surface area contributed by atoms with E-state index in [2.05, 4.69) is 48.0 Å². The molecule has 0 radical (unpaired) electrons. The zero-order valence-electron chi connectivity index (χ0n) is 19.2. The Balaban J connectivity index is 1.26. The molecule has 1 aliphatic rings. The topological polar surface area (TPSA) is 112 Å². The fourth-order valence-electron chi connectivity index (χ4n) is 4.62. The van der Waals surface area contributed by atoms with E-state index in [0.717, 1.165) is 69.4 Å². The van der Waals surface area contributed by atoms with Crippen LogP contribution < -0.4 is 5.32 Å². The average Bonchev–Trinajstić information content (AvgIpc) is 3.61.